The fraction of sp³-hybridized carbons (Fsp3) is 0.263. The lowest BCUT2D eigenvalue weighted by Gasteiger charge is -2.16. The smallest absolute Gasteiger partial charge is 0.246 e. The van der Waals surface area contributed by atoms with E-state index in [-0.39, 0.29) is 17.7 Å². The minimum Gasteiger partial charge on any atom is -0.374 e. The lowest BCUT2D eigenvalue weighted by Crippen LogP contribution is -2.31. The normalized spacial score (nSPS) is 14.4. The molecule has 2 aromatic carbocycles. The SMILES string of the molecule is C[C@@H](Nc1ccc(NC(=O)C2CC2)cc1)C(=O)Nc1cc(Cl)cc(Cl)c1. The summed E-state index contributed by atoms with van der Waals surface area (Å²) in [5, 5.41) is 9.68. The molecule has 0 aliphatic heterocycles. The lowest BCUT2D eigenvalue weighted by atomic mass is 10.2. The fourth-order valence-corrected chi connectivity index (χ4v) is 2.96. The van der Waals surface area contributed by atoms with Gasteiger partial charge in [-0.2, -0.15) is 0 Å². The van der Waals surface area contributed by atoms with Gasteiger partial charge in [0.15, 0.2) is 0 Å². The van der Waals surface area contributed by atoms with Crippen LogP contribution in [0.1, 0.15) is 19.8 Å². The first-order valence-corrected chi connectivity index (χ1v) is 9.11. The van der Waals surface area contributed by atoms with Crippen molar-refractivity contribution in [3.05, 3.63) is 52.5 Å². The van der Waals surface area contributed by atoms with Crippen LogP contribution in [-0.4, -0.2) is 17.9 Å². The van der Waals surface area contributed by atoms with Gasteiger partial charge >= 0.3 is 0 Å². The van der Waals surface area contributed by atoms with Crippen LogP contribution >= 0.6 is 23.2 Å². The predicted octanol–water partition coefficient (Wildman–Crippen LogP) is 4.78. The molecule has 1 aliphatic rings. The van der Waals surface area contributed by atoms with Gasteiger partial charge in [-0.25, -0.2) is 0 Å². The molecule has 1 atom stereocenters. The van der Waals surface area contributed by atoms with E-state index in [9.17, 15) is 9.59 Å². The third-order valence-corrected chi connectivity index (χ3v) is 4.44. The van der Waals surface area contributed by atoms with Crippen LogP contribution in [0.2, 0.25) is 10.0 Å². The van der Waals surface area contributed by atoms with E-state index in [1.165, 1.54) is 0 Å². The molecule has 0 unspecified atom stereocenters. The summed E-state index contributed by atoms with van der Waals surface area (Å²) in [4.78, 5) is 24.1. The standard InChI is InChI=1S/C19H19Cl2N3O2/c1-11(18(25)24-17-9-13(20)8-14(21)10-17)22-15-4-6-16(7-5-15)23-19(26)12-2-3-12/h4-12,22H,2-3H2,1H3,(H,23,26)(H,24,25)/t11-/m1/s1. The number of hydrogen-bond acceptors (Lipinski definition) is 3. The van der Waals surface area contributed by atoms with Gasteiger partial charge in [-0.15, -0.1) is 0 Å². The summed E-state index contributed by atoms with van der Waals surface area (Å²) >= 11 is 11.9. The molecule has 0 saturated heterocycles. The van der Waals surface area contributed by atoms with E-state index in [1.807, 2.05) is 24.3 Å². The Morgan fingerprint density at radius 3 is 2.08 bits per heavy atom. The van der Waals surface area contributed by atoms with E-state index in [0.717, 1.165) is 24.2 Å². The van der Waals surface area contributed by atoms with E-state index < -0.39 is 6.04 Å². The minimum absolute atomic E-state index is 0.0682. The molecule has 26 heavy (non-hydrogen) atoms. The molecule has 0 bridgehead atoms. The highest BCUT2D eigenvalue weighted by Crippen LogP contribution is 2.30. The second-order valence-corrected chi connectivity index (χ2v) is 7.23. The number of nitrogens with one attached hydrogen (secondary N) is 3. The number of hydrogen-bond donors (Lipinski definition) is 3. The van der Waals surface area contributed by atoms with Crippen molar-refractivity contribution in [3.8, 4) is 0 Å². The van der Waals surface area contributed by atoms with Crippen LogP contribution in [0.25, 0.3) is 0 Å². The van der Waals surface area contributed by atoms with Crippen LogP contribution in [0.4, 0.5) is 17.1 Å². The summed E-state index contributed by atoms with van der Waals surface area (Å²) in [6.45, 7) is 1.75. The Bertz CT molecular complexity index is 800. The molecule has 136 valence electrons. The molecule has 3 rings (SSSR count). The maximum Gasteiger partial charge on any atom is 0.246 e. The third kappa shape index (κ3) is 5.13. The quantitative estimate of drug-likeness (QED) is 0.663. The Morgan fingerprint density at radius 2 is 1.50 bits per heavy atom. The number of carbonyl (C=O) groups excluding carboxylic acids is 2. The van der Waals surface area contributed by atoms with Crippen molar-refractivity contribution in [3.63, 3.8) is 0 Å². The zero-order valence-corrected chi connectivity index (χ0v) is 15.7. The molecule has 3 N–H and O–H groups in total. The molecule has 0 spiro atoms. The van der Waals surface area contributed by atoms with E-state index in [1.54, 1.807) is 25.1 Å². The number of benzene rings is 2. The molecule has 2 aromatic rings. The molecule has 1 saturated carbocycles. The molecule has 7 heteroatoms. The van der Waals surface area contributed by atoms with Crippen LogP contribution in [0.15, 0.2) is 42.5 Å². The summed E-state index contributed by atoms with van der Waals surface area (Å²) in [7, 11) is 0. The second kappa shape index (κ2) is 7.98. The highest BCUT2D eigenvalue weighted by atomic mass is 35.5. The monoisotopic (exact) mass is 391 g/mol. The molecular weight excluding hydrogens is 373 g/mol. The average molecular weight is 392 g/mol. The maximum atomic E-state index is 12.3. The van der Waals surface area contributed by atoms with Crippen molar-refractivity contribution < 1.29 is 9.59 Å². The molecule has 2 amide bonds. The van der Waals surface area contributed by atoms with Gasteiger partial charge in [0.1, 0.15) is 6.04 Å². The third-order valence-electron chi connectivity index (χ3n) is 4.01. The Morgan fingerprint density at radius 1 is 0.923 bits per heavy atom. The van der Waals surface area contributed by atoms with Gasteiger partial charge in [0.25, 0.3) is 0 Å². The topological polar surface area (TPSA) is 70.2 Å². The Kier molecular flexibility index (Phi) is 5.69. The molecule has 0 aromatic heterocycles. The van der Waals surface area contributed by atoms with Gasteiger partial charge in [0.05, 0.1) is 0 Å². The first-order valence-electron chi connectivity index (χ1n) is 8.35. The van der Waals surface area contributed by atoms with Crippen LogP contribution in [-0.2, 0) is 9.59 Å². The molecule has 1 fully saturated rings. The first kappa shape index (κ1) is 18.5. The summed E-state index contributed by atoms with van der Waals surface area (Å²) < 4.78 is 0. The van der Waals surface area contributed by atoms with E-state index >= 15 is 0 Å². The highest BCUT2D eigenvalue weighted by Gasteiger charge is 2.29. The van der Waals surface area contributed by atoms with Crippen molar-refractivity contribution in [1.82, 2.24) is 0 Å². The van der Waals surface area contributed by atoms with Crippen molar-refractivity contribution in [2.24, 2.45) is 5.92 Å². The molecule has 0 heterocycles. The first-order chi connectivity index (χ1) is 12.4. The second-order valence-electron chi connectivity index (χ2n) is 6.35. The van der Waals surface area contributed by atoms with E-state index in [2.05, 4.69) is 16.0 Å². The number of amides is 2. The van der Waals surface area contributed by atoms with Gasteiger partial charge in [-0.3, -0.25) is 9.59 Å². The van der Waals surface area contributed by atoms with Crippen LogP contribution < -0.4 is 16.0 Å². The van der Waals surface area contributed by atoms with Crippen LogP contribution in [0.5, 0.6) is 0 Å². The largest absolute Gasteiger partial charge is 0.374 e. The maximum absolute atomic E-state index is 12.3. The number of anilines is 3. The zero-order valence-electron chi connectivity index (χ0n) is 14.2. The van der Waals surface area contributed by atoms with E-state index in [4.69, 9.17) is 23.2 Å². The molecule has 0 radical (unpaired) electrons. The number of carbonyl (C=O) groups is 2. The van der Waals surface area contributed by atoms with Gasteiger partial charge in [-0.05, 0) is 62.2 Å². The van der Waals surface area contributed by atoms with Crippen molar-refractivity contribution in [2.75, 3.05) is 16.0 Å². The number of halogens is 2. The highest BCUT2D eigenvalue weighted by molar-refractivity contribution is 6.35. The van der Waals surface area contributed by atoms with Gasteiger partial charge in [-0.1, -0.05) is 23.2 Å². The van der Waals surface area contributed by atoms with Gasteiger partial charge in [0.2, 0.25) is 11.8 Å². The zero-order chi connectivity index (χ0) is 18.7. The minimum atomic E-state index is -0.473. The summed E-state index contributed by atoms with van der Waals surface area (Å²) in [5.74, 6) is 0.0181. The summed E-state index contributed by atoms with van der Waals surface area (Å²) in [6, 6.07) is 11.7. The van der Waals surface area contributed by atoms with Crippen molar-refractivity contribution >= 4 is 52.1 Å². The average Bonchev–Trinajstić information content (AvgIpc) is 3.40. The van der Waals surface area contributed by atoms with Crippen LogP contribution in [0.3, 0.4) is 0 Å². The Labute approximate surface area is 162 Å². The molecular formula is C19H19Cl2N3O2. The molecule has 5 nitrogen and oxygen atoms in total. The summed E-state index contributed by atoms with van der Waals surface area (Å²) in [5.41, 5.74) is 2.07. The molecule has 1 aliphatic carbocycles. The van der Waals surface area contributed by atoms with Crippen LogP contribution in [0, 0.1) is 5.92 Å². The Hall–Kier alpha value is -2.24. The van der Waals surface area contributed by atoms with Crippen molar-refractivity contribution in [2.45, 2.75) is 25.8 Å². The fourth-order valence-electron chi connectivity index (χ4n) is 2.43. The summed E-state index contributed by atoms with van der Waals surface area (Å²) in [6.07, 6.45) is 1.94. The van der Waals surface area contributed by atoms with E-state index in [0.29, 0.717) is 15.7 Å². The van der Waals surface area contributed by atoms with Gasteiger partial charge in [0, 0.05) is 33.0 Å². The Balaban J connectivity index is 1.55. The predicted molar refractivity (Wildman–Crippen MR) is 106 cm³/mol. The lowest BCUT2D eigenvalue weighted by molar-refractivity contribution is -0.117. The van der Waals surface area contributed by atoms with Crippen molar-refractivity contribution in [1.29, 1.82) is 0 Å². The van der Waals surface area contributed by atoms with Gasteiger partial charge < -0.3 is 16.0 Å². The number of rotatable bonds is 6.